The van der Waals surface area contributed by atoms with Gasteiger partial charge in [-0.3, -0.25) is 0 Å². The molecule has 5 nitrogen and oxygen atoms in total. The third-order valence-electron chi connectivity index (χ3n) is 3.22. The van der Waals surface area contributed by atoms with Crippen LogP contribution in [0.5, 0.6) is 0 Å². The van der Waals surface area contributed by atoms with Crippen molar-refractivity contribution in [2.24, 2.45) is 0 Å². The Morgan fingerprint density at radius 3 is 3.17 bits per heavy atom. The molecule has 0 aliphatic heterocycles. The molecule has 0 unspecified atom stereocenters. The molecule has 2 aromatic heterocycles. The van der Waals surface area contributed by atoms with Gasteiger partial charge in [0.1, 0.15) is 11.5 Å². The predicted octanol–water partition coefficient (Wildman–Crippen LogP) is 2.06. The normalized spacial score (nSPS) is 14.7. The van der Waals surface area contributed by atoms with Crippen LogP contribution >= 0.6 is 11.8 Å². The SMILES string of the molecule is CSCc1cn(Cc2noc3c2CCCC3)nn1. The number of hydrogen-bond acceptors (Lipinski definition) is 5. The monoisotopic (exact) mass is 264 g/mol. The standard InChI is InChI=1S/C12H16N4OS/c1-18-8-9-6-16(15-13-9)7-11-10-4-2-3-5-12(10)17-14-11/h6H,2-5,7-8H2,1H3. The van der Waals surface area contributed by atoms with E-state index in [1.165, 1.54) is 18.4 Å². The van der Waals surface area contributed by atoms with Crippen LogP contribution in [0.25, 0.3) is 0 Å². The topological polar surface area (TPSA) is 56.7 Å². The highest BCUT2D eigenvalue weighted by molar-refractivity contribution is 7.97. The van der Waals surface area contributed by atoms with Gasteiger partial charge in [0, 0.05) is 23.9 Å². The molecule has 1 aliphatic rings. The average Bonchev–Trinajstić information content (AvgIpc) is 2.99. The number of nitrogens with zero attached hydrogens (tertiary/aromatic N) is 4. The third kappa shape index (κ3) is 2.29. The molecule has 0 bridgehead atoms. The first kappa shape index (κ1) is 11.8. The second kappa shape index (κ2) is 5.14. The molecule has 0 amide bonds. The van der Waals surface area contributed by atoms with Gasteiger partial charge in [0.15, 0.2) is 0 Å². The first-order valence-corrected chi connectivity index (χ1v) is 7.60. The molecule has 2 aromatic rings. The Bertz CT molecular complexity index is 534. The Morgan fingerprint density at radius 1 is 1.39 bits per heavy atom. The van der Waals surface area contributed by atoms with E-state index in [0.29, 0.717) is 6.54 Å². The smallest absolute Gasteiger partial charge is 0.140 e. The van der Waals surface area contributed by atoms with E-state index in [1.54, 1.807) is 11.8 Å². The van der Waals surface area contributed by atoms with Gasteiger partial charge in [-0.2, -0.15) is 11.8 Å². The van der Waals surface area contributed by atoms with Crippen molar-refractivity contribution in [3.05, 3.63) is 28.9 Å². The van der Waals surface area contributed by atoms with E-state index in [2.05, 4.69) is 21.7 Å². The summed E-state index contributed by atoms with van der Waals surface area (Å²) in [6, 6.07) is 0. The third-order valence-corrected chi connectivity index (χ3v) is 3.81. The molecule has 0 atom stereocenters. The van der Waals surface area contributed by atoms with Crippen molar-refractivity contribution in [2.75, 3.05) is 6.26 Å². The summed E-state index contributed by atoms with van der Waals surface area (Å²) in [5.74, 6) is 1.97. The van der Waals surface area contributed by atoms with Crippen LogP contribution in [0.1, 0.15) is 35.6 Å². The van der Waals surface area contributed by atoms with Crippen LogP contribution in [0.15, 0.2) is 10.7 Å². The highest BCUT2D eigenvalue weighted by Gasteiger charge is 2.19. The first-order chi connectivity index (χ1) is 8.86. The zero-order chi connectivity index (χ0) is 12.4. The first-order valence-electron chi connectivity index (χ1n) is 6.21. The fourth-order valence-corrected chi connectivity index (χ4v) is 2.78. The zero-order valence-corrected chi connectivity index (χ0v) is 11.2. The molecule has 2 heterocycles. The largest absolute Gasteiger partial charge is 0.361 e. The Labute approximate surface area is 110 Å². The fraction of sp³-hybridized carbons (Fsp3) is 0.583. The molecule has 0 spiro atoms. The molecule has 0 radical (unpaired) electrons. The second-order valence-corrected chi connectivity index (χ2v) is 5.44. The molecule has 6 heteroatoms. The number of aryl methyl sites for hydroxylation is 1. The van der Waals surface area contributed by atoms with E-state index >= 15 is 0 Å². The van der Waals surface area contributed by atoms with E-state index in [1.807, 2.05) is 10.9 Å². The van der Waals surface area contributed by atoms with Crippen molar-refractivity contribution in [2.45, 2.75) is 38.0 Å². The highest BCUT2D eigenvalue weighted by Crippen LogP contribution is 2.24. The van der Waals surface area contributed by atoms with Gasteiger partial charge in [0.05, 0.1) is 12.2 Å². The van der Waals surface area contributed by atoms with Crippen molar-refractivity contribution in [3.63, 3.8) is 0 Å². The van der Waals surface area contributed by atoms with Gasteiger partial charge < -0.3 is 4.52 Å². The highest BCUT2D eigenvalue weighted by atomic mass is 32.2. The van der Waals surface area contributed by atoms with Crippen molar-refractivity contribution in [1.82, 2.24) is 20.2 Å². The summed E-state index contributed by atoms with van der Waals surface area (Å²) in [7, 11) is 0. The maximum absolute atomic E-state index is 5.40. The van der Waals surface area contributed by atoms with Gasteiger partial charge in [0.2, 0.25) is 0 Å². The van der Waals surface area contributed by atoms with E-state index in [4.69, 9.17) is 4.52 Å². The lowest BCUT2D eigenvalue weighted by Gasteiger charge is -2.08. The molecule has 3 rings (SSSR count). The van der Waals surface area contributed by atoms with E-state index < -0.39 is 0 Å². The summed E-state index contributed by atoms with van der Waals surface area (Å²) in [6.45, 7) is 0.667. The molecule has 18 heavy (non-hydrogen) atoms. The summed E-state index contributed by atoms with van der Waals surface area (Å²) < 4.78 is 7.24. The van der Waals surface area contributed by atoms with Crippen molar-refractivity contribution >= 4 is 11.8 Å². The summed E-state index contributed by atoms with van der Waals surface area (Å²) in [5, 5.41) is 12.4. The summed E-state index contributed by atoms with van der Waals surface area (Å²) in [6.07, 6.45) is 8.60. The maximum atomic E-state index is 5.40. The molecule has 1 aliphatic carbocycles. The van der Waals surface area contributed by atoms with Crippen LogP contribution in [0.4, 0.5) is 0 Å². The molecule has 0 saturated carbocycles. The van der Waals surface area contributed by atoms with Gasteiger partial charge in [-0.15, -0.1) is 5.10 Å². The molecule has 0 aromatic carbocycles. The van der Waals surface area contributed by atoms with Crippen molar-refractivity contribution in [1.29, 1.82) is 0 Å². The lowest BCUT2D eigenvalue weighted by molar-refractivity contribution is 0.366. The molecular formula is C12H16N4OS. The van der Waals surface area contributed by atoms with Gasteiger partial charge in [-0.1, -0.05) is 10.4 Å². The molecule has 0 N–H and O–H groups in total. The number of aromatic nitrogens is 4. The molecule has 0 fully saturated rings. The second-order valence-electron chi connectivity index (χ2n) is 4.58. The minimum Gasteiger partial charge on any atom is -0.361 e. The summed E-state index contributed by atoms with van der Waals surface area (Å²) in [5.41, 5.74) is 3.33. The average molecular weight is 264 g/mol. The number of thioether (sulfide) groups is 1. The van der Waals surface area contributed by atoms with Gasteiger partial charge >= 0.3 is 0 Å². The van der Waals surface area contributed by atoms with Crippen molar-refractivity contribution < 1.29 is 4.52 Å². The maximum Gasteiger partial charge on any atom is 0.140 e. The summed E-state index contributed by atoms with van der Waals surface area (Å²) >= 11 is 1.75. The van der Waals surface area contributed by atoms with Crippen LogP contribution in [-0.2, 0) is 25.1 Å². The molecule has 0 saturated heterocycles. The van der Waals surface area contributed by atoms with Gasteiger partial charge in [-0.25, -0.2) is 4.68 Å². The van der Waals surface area contributed by atoms with Crippen LogP contribution in [-0.4, -0.2) is 26.4 Å². The number of hydrogen-bond donors (Lipinski definition) is 0. The van der Waals surface area contributed by atoms with E-state index in [0.717, 1.165) is 35.7 Å². The van der Waals surface area contributed by atoms with Crippen LogP contribution < -0.4 is 0 Å². The fourth-order valence-electron chi connectivity index (χ4n) is 2.36. The van der Waals surface area contributed by atoms with Crippen LogP contribution in [0, 0.1) is 0 Å². The lowest BCUT2D eigenvalue weighted by Crippen LogP contribution is -2.06. The minimum atomic E-state index is 0.667. The van der Waals surface area contributed by atoms with Crippen LogP contribution in [0.2, 0.25) is 0 Å². The van der Waals surface area contributed by atoms with Crippen LogP contribution in [0.3, 0.4) is 0 Å². The Balaban J connectivity index is 1.77. The van der Waals surface area contributed by atoms with E-state index in [9.17, 15) is 0 Å². The molecule has 96 valence electrons. The molecular weight excluding hydrogens is 248 g/mol. The number of rotatable bonds is 4. The zero-order valence-electron chi connectivity index (χ0n) is 10.4. The lowest BCUT2D eigenvalue weighted by atomic mass is 9.96. The van der Waals surface area contributed by atoms with E-state index in [-0.39, 0.29) is 0 Å². The van der Waals surface area contributed by atoms with Gasteiger partial charge in [-0.05, 0) is 25.5 Å². The Hall–Kier alpha value is -1.30. The predicted molar refractivity (Wildman–Crippen MR) is 69.5 cm³/mol. The quantitative estimate of drug-likeness (QED) is 0.846. The Morgan fingerprint density at radius 2 is 2.28 bits per heavy atom. The summed E-state index contributed by atoms with van der Waals surface area (Å²) in [4.78, 5) is 0. The Kier molecular flexibility index (Phi) is 3.36. The van der Waals surface area contributed by atoms with Crippen molar-refractivity contribution in [3.8, 4) is 0 Å². The number of fused-ring (bicyclic) bond motifs is 1. The minimum absolute atomic E-state index is 0.667. The van der Waals surface area contributed by atoms with Gasteiger partial charge in [0.25, 0.3) is 0 Å².